The minimum Gasteiger partial charge on any atom is -0.496 e. The van der Waals surface area contributed by atoms with Crippen molar-refractivity contribution in [3.63, 3.8) is 0 Å². The highest BCUT2D eigenvalue weighted by atomic mass is 32.1. The van der Waals surface area contributed by atoms with E-state index in [1.807, 2.05) is 13.0 Å². The number of methoxy groups -OCH3 is 1. The molecule has 50 heavy (non-hydrogen) atoms. The number of ether oxygens (including phenoxy) is 1. The number of carbonyl (C=O) groups is 1. The van der Waals surface area contributed by atoms with Crippen LogP contribution in [-0.2, 0) is 37.9 Å². The number of pyridine rings is 1. The van der Waals surface area contributed by atoms with Crippen LogP contribution < -0.4 is 10.1 Å². The van der Waals surface area contributed by atoms with Gasteiger partial charge in [-0.15, -0.1) is 11.3 Å². The first-order valence-corrected chi connectivity index (χ1v) is 17.2. The van der Waals surface area contributed by atoms with Crippen molar-refractivity contribution in [2.24, 2.45) is 0 Å². The largest absolute Gasteiger partial charge is 0.496 e. The zero-order valence-electron chi connectivity index (χ0n) is 28.0. The van der Waals surface area contributed by atoms with Gasteiger partial charge < -0.3 is 20.1 Å². The third kappa shape index (κ3) is 13.5. The van der Waals surface area contributed by atoms with Crippen LogP contribution in [0.25, 0.3) is 0 Å². The molecule has 3 atom stereocenters. The smallest absolute Gasteiger partial charge is 0.425 e. The maximum Gasteiger partial charge on any atom is 0.425 e. The molecule has 0 saturated carbocycles. The Morgan fingerprint density at radius 3 is 2.40 bits per heavy atom. The molecule has 278 valence electrons. The number of aromatic nitrogens is 1. The Balaban J connectivity index is 0.000000265. The number of nitrogens with one attached hydrogen (secondary N) is 1. The Bertz CT molecular complexity index is 1470. The molecule has 1 unspecified atom stereocenters. The van der Waals surface area contributed by atoms with Crippen molar-refractivity contribution in [2.45, 2.75) is 102 Å². The van der Waals surface area contributed by atoms with Crippen LogP contribution >= 0.6 is 11.3 Å². The molecule has 0 bridgehead atoms. The number of rotatable bonds is 7. The fourth-order valence-corrected chi connectivity index (χ4v) is 6.34. The summed E-state index contributed by atoms with van der Waals surface area (Å²) in [5.41, 5.74) is 0.868. The Labute approximate surface area is 296 Å². The van der Waals surface area contributed by atoms with Crippen LogP contribution in [-0.4, -0.2) is 56.9 Å². The number of thiophene rings is 1. The quantitative estimate of drug-likeness (QED) is 0.235. The van der Waals surface area contributed by atoms with Crippen LogP contribution in [0.3, 0.4) is 0 Å². The summed E-state index contributed by atoms with van der Waals surface area (Å²) in [4.78, 5) is 17.2. The van der Waals surface area contributed by atoms with Crippen molar-refractivity contribution in [3.8, 4) is 5.75 Å². The van der Waals surface area contributed by atoms with Crippen LogP contribution in [0.2, 0.25) is 0 Å². The molecule has 2 aliphatic rings. The zero-order chi connectivity index (χ0) is 37.5. The predicted molar refractivity (Wildman–Crippen MR) is 178 cm³/mol. The number of aliphatic hydroxyl groups is 1. The van der Waals surface area contributed by atoms with Gasteiger partial charge in [-0.2, -0.15) is 30.6 Å². The fourth-order valence-electron chi connectivity index (χ4n) is 5.61. The number of benzene rings is 1. The molecule has 0 spiro atoms. The summed E-state index contributed by atoms with van der Waals surface area (Å²) in [5.74, 6) is -0.502. The molecule has 1 aromatic carbocycles. The van der Waals surface area contributed by atoms with E-state index in [1.165, 1.54) is 36.4 Å². The number of likely N-dealkylation sites (tertiary alicyclic amines) is 1. The van der Waals surface area contributed by atoms with E-state index in [2.05, 4.69) is 27.6 Å². The van der Waals surface area contributed by atoms with E-state index in [1.54, 1.807) is 17.9 Å². The van der Waals surface area contributed by atoms with E-state index in [0.717, 1.165) is 75.6 Å². The Hall–Kier alpha value is -3.21. The molecule has 0 radical (unpaired) electrons. The number of aliphatic hydroxyl groups excluding tert-OH is 1. The third-order valence-electron chi connectivity index (χ3n) is 8.06. The molecule has 4 heterocycles. The lowest BCUT2D eigenvalue weighted by Crippen LogP contribution is -2.44. The van der Waals surface area contributed by atoms with Crippen LogP contribution in [0.5, 0.6) is 5.75 Å². The van der Waals surface area contributed by atoms with E-state index in [-0.39, 0.29) is 23.7 Å². The molecule has 1 saturated heterocycles. The van der Waals surface area contributed by atoms with E-state index in [4.69, 9.17) is 4.21 Å². The second-order valence-electron chi connectivity index (χ2n) is 11.8. The highest BCUT2D eigenvalue weighted by Crippen LogP contribution is 2.36. The highest BCUT2D eigenvalue weighted by Gasteiger charge is 2.38. The minimum atomic E-state index is -4.56. The molecule has 1 amide bonds. The molecule has 2 aliphatic heterocycles. The first-order valence-electron chi connectivity index (χ1n) is 16.0. The first kappa shape index (κ1) is 43.0. The van der Waals surface area contributed by atoms with Crippen LogP contribution in [0, 0.1) is 5.82 Å². The van der Waals surface area contributed by atoms with Gasteiger partial charge in [0.05, 0.1) is 18.8 Å². The van der Waals surface area contributed by atoms with Gasteiger partial charge in [-0.1, -0.05) is 19.4 Å². The lowest BCUT2D eigenvalue weighted by molar-refractivity contribution is -0.138. The zero-order valence-corrected chi connectivity index (χ0v) is 29.6. The maximum absolute atomic E-state index is 13.1. The molecule has 7 nitrogen and oxygen atoms in total. The Morgan fingerprint density at radius 2 is 1.82 bits per heavy atom. The van der Waals surface area contributed by atoms with Gasteiger partial charge in [0.15, 0.2) is 12.5 Å². The molecule has 0 aliphatic carbocycles. The Morgan fingerprint density at radius 1 is 1.10 bits per heavy atom. The van der Waals surface area contributed by atoms with Crippen LogP contribution in [0.4, 0.5) is 30.7 Å². The number of piperidine rings is 1. The molecular formula is C34H42F7N3O4S2. The van der Waals surface area contributed by atoms with Gasteiger partial charge in [0.2, 0.25) is 0 Å². The number of alkyl halides is 6. The number of hydrogen-bond acceptors (Lipinski definition) is 8. The number of halogens is 7. The normalized spacial score (nSPS) is 17.8. The first-order chi connectivity index (χ1) is 23.6. The standard InChI is InChI=1S/C15H19F3N2O.C13H18FNO.C6H5F3OS.OS/c1-2-6-11-7-3-4-10-20(11)14(21)13-12(15(16,17)18)8-5-9-19-13;1-9(16)2-5-13-7-11-6-12(14)4-3-10(11)8-15-13;1-10-4-2-5(11-3-4)6(7,8)9;1-2/h5,8-9,11H,2-4,6-7,10H2,1H3;3-4,6,9,13,15-16H,2,5,7-8H2,1H3;2-3H,1H3;/t11-;9?,13-;;/m11../s1. The van der Waals surface area contributed by atoms with Gasteiger partial charge in [-0.25, -0.2) is 4.39 Å². The average molecular weight is 754 g/mol. The summed E-state index contributed by atoms with van der Waals surface area (Å²) in [7, 11) is 1.34. The minimum absolute atomic E-state index is 0.0272. The van der Waals surface area contributed by atoms with Crippen molar-refractivity contribution in [1.82, 2.24) is 15.2 Å². The maximum atomic E-state index is 13.1. The second kappa shape index (κ2) is 20.6. The van der Waals surface area contributed by atoms with Crippen molar-refractivity contribution < 1.29 is 49.6 Å². The molecule has 5 rings (SSSR count). The summed E-state index contributed by atoms with van der Waals surface area (Å²) in [6.07, 6.45) is -0.802. The summed E-state index contributed by atoms with van der Waals surface area (Å²) < 4.78 is 100. The van der Waals surface area contributed by atoms with Crippen molar-refractivity contribution in [2.75, 3.05) is 13.7 Å². The lowest BCUT2D eigenvalue weighted by Gasteiger charge is -2.36. The number of carbonyl (C=O) groups excluding carboxylic acids is 1. The lowest BCUT2D eigenvalue weighted by atomic mass is 9.93. The number of amides is 1. The average Bonchev–Trinajstić information content (AvgIpc) is 3.59. The molecular weight excluding hydrogens is 712 g/mol. The van der Waals surface area contributed by atoms with E-state index in [0.29, 0.717) is 23.9 Å². The molecule has 1 fully saturated rings. The van der Waals surface area contributed by atoms with E-state index in [9.17, 15) is 40.6 Å². The Kier molecular flexibility index (Phi) is 17.7. The summed E-state index contributed by atoms with van der Waals surface area (Å²) in [6.45, 7) is 5.13. The SMILES string of the molecule is CC(O)CC[C@@H]1Cc2cc(F)ccc2CN1.CCC[C@@H]1CCCCN1C(=O)c1ncccc1C(F)(F)F.COc1csc(C(F)(F)F)c1.O=S. The highest BCUT2D eigenvalue weighted by molar-refractivity contribution is 7.44. The number of fused-ring (bicyclic) bond motifs is 1. The summed E-state index contributed by atoms with van der Waals surface area (Å²) in [6, 6.07) is 8.48. The van der Waals surface area contributed by atoms with Gasteiger partial charge in [-0.3, -0.25) is 9.78 Å². The van der Waals surface area contributed by atoms with Gasteiger partial charge in [0.25, 0.3) is 5.91 Å². The summed E-state index contributed by atoms with van der Waals surface area (Å²) >= 11 is 3.46. The second-order valence-corrected chi connectivity index (χ2v) is 12.7. The fraction of sp³-hybridized carbons (Fsp3) is 0.529. The van der Waals surface area contributed by atoms with Crippen molar-refractivity contribution in [1.29, 1.82) is 0 Å². The van der Waals surface area contributed by atoms with Gasteiger partial charge in [0.1, 0.15) is 22.1 Å². The molecule has 2 N–H and O–H groups in total. The third-order valence-corrected chi connectivity index (χ3v) is 9.02. The molecule has 2 aromatic heterocycles. The van der Waals surface area contributed by atoms with Gasteiger partial charge in [-0.05, 0) is 87.3 Å². The van der Waals surface area contributed by atoms with Crippen molar-refractivity contribution in [3.05, 3.63) is 81.1 Å². The van der Waals surface area contributed by atoms with E-state index >= 15 is 0 Å². The number of nitrogens with zero attached hydrogens (tertiary/aromatic N) is 2. The molecule has 16 heteroatoms. The van der Waals surface area contributed by atoms with Crippen LogP contribution in [0.1, 0.15) is 90.8 Å². The van der Waals surface area contributed by atoms with E-state index < -0.39 is 34.4 Å². The van der Waals surface area contributed by atoms with Gasteiger partial charge >= 0.3 is 12.4 Å². The molecule has 3 aromatic rings. The predicted octanol–water partition coefficient (Wildman–Crippen LogP) is 8.34. The number of hydrogen-bond donors (Lipinski definition) is 2. The van der Waals surface area contributed by atoms with Gasteiger partial charge in [0, 0.05) is 42.8 Å². The monoisotopic (exact) mass is 753 g/mol. The topological polar surface area (TPSA) is 91.8 Å². The van der Waals surface area contributed by atoms with Crippen LogP contribution in [0.15, 0.2) is 48.0 Å². The summed E-state index contributed by atoms with van der Waals surface area (Å²) in [5, 5.41) is 14.0. The van der Waals surface area contributed by atoms with Crippen molar-refractivity contribution >= 4 is 29.8 Å².